The average molecular weight is 412 g/mol. The molecule has 0 saturated heterocycles. The Morgan fingerprint density at radius 2 is 1.90 bits per heavy atom. The third-order valence-electron chi connectivity index (χ3n) is 4.05. The second-order valence-electron chi connectivity index (χ2n) is 6.09. The van der Waals surface area contributed by atoms with Crippen LogP contribution in [0.4, 0.5) is 4.79 Å². The van der Waals surface area contributed by atoms with E-state index in [0.717, 1.165) is 11.8 Å². The summed E-state index contributed by atoms with van der Waals surface area (Å²) in [4.78, 5) is 40.8. The normalized spacial score (nSPS) is 11.8. The largest absolute Gasteiger partial charge is 0.494 e. The van der Waals surface area contributed by atoms with E-state index in [-0.39, 0.29) is 5.56 Å². The van der Waals surface area contributed by atoms with Gasteiger partial charge in [0.15, 0.2) is 5.16 Å². The van der Waals surface area contributed by atoms with Crippen molar-refractivity contribution in [2.75, 3.05) is 6.61 Å². The van der Waals surface area contributed by atoms with E-state index in [1.807, 2.05) is 12.2 Å². The highest BCUT2D eigenvalue weighted by atomic mass is 32.2. The first-order chi connectivity index (χ1) is 13.9. The molecule has 3 aromatic rings. The predicted molar refractivity (Wildman–Crippen MR) is 112 cm³/mol. The first-order valence-corrected chi connectivity index (χ1v) is 9.80. The number of thioether (sulfide) groups is 1. The molecule has 0 bridgehead atoms. The van der Waals surface area contributed by atoms with Crippen molar-refractivity contribution in [1.82, 2.24) is 14.9 Å². The molecule has 0 spiro atoms. The molecule has 0 saturated carbocycles. The molecule has 3 N–H and O–H groups in total. The van der Waals surface area contributed by atoms with Crippen molar-refractivity contribution in [3.8, 4) is 11.4 Å². The predicted octanol–water partition coefficient (Wildman–Crippen LogP) is 2.46. The summed E-state index contributed by atoms with van der Waals surface area (Å²) in [5, 5.41) is 2.12. The Bertz CT molecular complexity index is 1110. The van der Waals surface area contributed by atoms with Crippen LogP contribution in [0.2, 0.25) is 0 Å². The van der Waals surface area contributed by atoms with Crippen molar-refractivity contribution in [2.24, 2.45) is 5.73 Å². The number of hydrogen-bond donors (Lipinski definition) is 2. The molecule has 29 heavy (non-hydrogen) atoms. The third-order valence-corrected chi connectivity index (χ3v) is 5.10. The lowest BCUT2D eigenvalue weighted by Crippen LogP contribution is -2.39. The lowest BCUT2D eigenvalue weighted by Gasteiger charge is -2.16. The number of aromatic nitrogens is 2. The van der Waals surface area contributed by atoms with Crippen molar-refractivity contribution in [3.63, 3.8) is 0 Å². The Labute approximate surface area is 171 Å². The van der Waals surface area contributed by atoms with Crippen LogP contribution < -0.4 is 21.3 Å². The van der Waals surface area contributed by atoms with Gasteiger partial charge in [0.1, 0.15) is 5.75 Å². The number of nitrogens with zero attached hydrogens (tertiary/aromatic N) is 2. The topological polar surface area (TPSA) is 116 Å². The highest BCUT2D eigenvalue weighted by molar-refractivity contribution is 8.00. The quantitative estimate of drug-likeness (QED) is 0.475. The van der Waals surface area contributed by atoms with Gasteiger partial charge in [0.25, 0.3) is 5.56 Å². The van der Waals surface area contributed by atoms with Gasteiger partial charge in [-0.3, -0.25) is 19.5 Å². The molecule has 0 aliphatic heterocycles. The molecule has 0 fully saturated rings. The lowest BCUT2D eigenvalue weighted by atomic mass is 10.2. The van der Waals surface area contributed by atoms with Gasteiger partial charge in [0.05, 0.1) is 28.4 Å². The van der Waals surface area contributed by atoms with Crippen LogP contribution in [-0.4, -0.2) is 33.3 Å². The molecule has 0 aliphatic carbocycles. The summed E-state index contributed by atoms with van der Waals surface area (Å²) in [6.45, 7) is 4.02. The average Bonchev–Trinajstić information content (AvgIpc) is 2.69. The zero-order valence-corrected chi connectivity index (χ0v) is 16.7. The van der Waals surface area contributed by atoms with Gasteiger partial charge in [-0.05, 0) is 50.2 Å². The lowest BCUT2D eigenvalue weighted by molar-refractivity contribution is -0.119. The van der Waals surface area contributed by atoms with Gasteiger partial charge < -0.3 is 10.5 Å². The highest BCUT2D eigenvalue weighted by Gasteiger charge is 2.21. The number of hydrogen-bond acceptors (Lipinski definition) is 6. The Hall–Kier alpha value is -3.33. The van der Waals surface area contributed by atoms with Crippen molar-refractivity contribution < 1.29 is 14.3 Å². The number of para-hydroxylation sites is 1. The maximum Gasteiger partial charge on any atom is 0.318 e. The van der Waals surface area contributed by atoms with Crippen molar-refractivity contribution in [3.05, 3.63) is 58.9 Å². The van der Waals surface area contributed by atoms with Crippen molar-refractivity contribution in [1.29, 1.82) is 0 Å². The Kier molecular flexibility index (Phi) is 6.18. The fourth-order valence-corrected chi connectivity index (χ4v) is 3.64. The number of fused-ring (bicyclic) bond motifs is 1. The van der Waals surface area contributed by atoms with Crippen molar-refractivity contribution >= 4 is 34.6 Å². The monoisotopic (exact) mass is 412 g/mol. The SMILES string of the molecule is CCOc1ccc(-n2c(S[C@@H](C)C(=O)NC(N)=O)nc3ccccc3c2=O)cc1. The maximum atomic E-state index is 13.2. The zero-order chi connectivity index (χ0) is 21.0. The van der Waals surface area contributed by atoms with Crippen LogP contribution in [0.5, 0.6) is 5.75 Å². The molecule has 1 aromatic heterocycles. The molecule has 1 atom stereocenters. The minimum absolute atomic E-state index is 0.259. The van der Waals surface area contributed by atoms with Gasteiger partial charge in [-0.2, -0.15) is 0 Å². The fraction of sp³-hybridized carbons (Fsp3) is 0.200. The van der Waals surface area contributed by atoms with Crippen LogP contribution in [0, 0.1) is 0 Å². The fourth-order valence-electron chi connectivity index (χ4n) is 2.71. The van der Waals surface area contributed by atoms with E-state index in [4.69, 9.17) is 10.5 Å². The summed E-state index contributed by atoms with van der Waals surface area (Å²) < 4.78 is 6.90. The number of urea groups is 1. The van der Waals surface area contributed by atoms with Gasteiger partial charge >= 0.3 is 6.03 Å². The molecule has 1 heterocycles. The standard InChI is InChI=1S/C20H20N4O4S/c1-3-28-14-10-8-13(9-11-14)24-18(26)15-6-4-5-7-16(15)22-20(24)29-12(2)17(25)23-19(21)27/h4-12H,3H2,1-2H3,(H3,21,23,25,27)/t12-/m0/s1. The summed E-state index contributed by atoms with van der Waals surface area (Å²) in [6.07, 6.45) is 0. The molecule has 9 heteroatoms. The molecule has 3 rings (SSSR count). The number of primary amides is 1. The second-order valence-corrected chi connectivity index (χ2v) is 7.40. The Balaban J connectivity index is 2.09. The van der Waals surface area contributed by atoms with Gasteiger partial charge in [-0.25, -0.2) is 9.78 Å². The van der Waals surface area contributed by atoms with E-state index in [2.05, 4.69) is 4.98 Å². The van der Waals surface area contributed by atoms with Crippen LogP contribution in [0.1, 0.15) is 13.8 Å². The Morgan fingerprint density at radius 3 is 2.55 bits per heavy atom. The highest BCUT2D eigenvalue weighted by Crippen LogP contribution is 2.26. The number of benzene rings is 2. The molecular weight excluding hydrogens is 392 g/mol. The summed E-state index contributed by atoms with van der Waals surface area (Å²) in [5.74, 6) is 0.115. The van der Waals surface area contributed by atoms with E-state index in [1.54, 1.807) is 55.5 Å². The zero-order valence-electron chi connectivity index (χ0n) is 15.9. The van der Waals surface area contributed by atoms with E-state index in [0.29, 0.717) is 34.1 Å². The number of rotatable bonds is 6. The molecule has 8 nitrogen and oxygen atoms in total. The smallest absolute Gasteiger partial charge is 0.318 e. The van der Waals surface area contributed by atoms with Crippen molar-refractivity contribution in [2.45, 2.75) is 24.3 Å². The summed E-state index contributed by atoms with van der Waals surface area (Å²) >= 11 is 1.06. The number of nitrogens with two attached hydrogens (primary N) is 1. The number of amides is 3. The molecular formula is C20H20N4O4S. The van der Waals surface area contributed by atoms with Gasteiger partial charge in [0, 0.05) is 0 Å². The van der Waals surface area contributed by atoms with Crippen LogP contribution in [0.25, 0.3) is 16.6 Å². The Morgan fingerprint density at radius 1 is 1.21 bits per heavy atom. The molecule has 150 valence electrons. The first kappa shape index (κ1) is 20.4. The number of imide groups is 1. The minimum Gasteiger partial charge on any atom is -0.494 e. The molecule has 2 aromatic carbocycles. The minimum atomic E-state index is -0.933. The van der Waals surface area contributed by atoms with Crippen LogP contribution in [0.15, 0.2) is 58.5 Å². The molecule has 0 radical (unpaired) electrons. The molecule has 0 aliphatic rings. The van der Waals surface area contributed by atoms with Crippen LogP contribution >= 0.6 is 11.8 Å². The summed E-state index contributed by atoms with van der Waals surface area (Å²) in [6, 6.07) is 13.1. The van der Waals surface area contributed by atoms with Crippen LogP contribution in [0.3, 0.4) is 0 Å². The van der Waals surface area contributed by atoms with Gasteiger partial charge in [0.2, 0.25) is 5.91 Å². The first-order valence-electron chi connectivity index (χ1n) is 8.92. The number of carbonyl (C=O) groups is 2. The van der Waals surface area contributed by atoms with Crippen LogP contribution in [-0.2, 0) is 4.79 Å². The van der Waals surface area contributed by atoms with E-state index < -0.39 is 17.2 Å². The summed E-state index contributed by atoms with van der Waals surface area (Å²) in [5.41, 5.74) is 5.86. The number of nitrogens with one attached hydrogen (secondary N) is 1. The van der Waals surface area contributed by atoms with Gasteiger partial charge in [-0.15, -0.1) is 0 Å². The van der Waals surface area contributed by atoms with E-state index in [1.165, 1.54) is 4.57 Å². The third kappa shape index (κ3) is 4.57. The van der Waals surface area contributed by atoms with Gasteiger partial charge in [-0.1, -0.05) is 23.9 Å². The molecule has 0 unspecified atom stereocenters. The van der Waals surface area contributed by atoms with E-state index in [9.17, 15) is 14.4 Å². The second kappa shape index (κ2) is 8.78. The molecule has 3 amide bonds. The van der Waals surface area contributed by atoms with E-state index >= 15 is 0 Å². The number of ether oxygens (including phenoxy) is 1. The maximum absolute atomic E-state index is 13.2. The summed E-state index contributed by atoms with van der Waals surface area (Å²) in [7, 11) is 0. The number of carbonyl (C=O) groups excluding carboxylic acids is 2.